The monoisotopic (exact) mass is 266 g/mol. The standard InChI is InChI=1S/C14H19FN2O2/c1-17(9-5-3-2-4-6-9)11-8-7-10(15)13(16)12(11)14(18)19/h7-9H,2-6,16H2,1H3,(H,18,19). The zero-order chi connectivity index (χ0) is 14.0. The highest BCUT2D eigenvalue weighted by molar-refractivity contribution is 6.00. The summed E-state index contributed by atoms with van der Waals surface area (Å²) in [6, 6.07) is 3.04. The lowest BCUT2D eigenvalue weighted by Gasteiger charge is -2.34. The third-order valence-electron chi connectivity index (χ3n) is 3.89. The molecule has 2 rings (SSSR count). The van der Waals surface area contributed by atoms with Crippen LogP contribution in [0.5, 0.6) is 0 Å². The Bertz CT molecular complexity index is 485. The van der Waals surface area contributed by atoms with Crippen molar-refractivity contribution >= 4 is 17.3 Å². The summed E-state index contributed by atoms with van der Waals surface area (Å²) in [6.45, 7) is 0. The van der Waals surface area contributed by atoms with E-state index in [9.17, 15) is 14.3 Å². The SMILES string of the molecule is CN(c1ccc(F)c(N)c1C(=O)O)C1CCCCC1. The number of carbonyl (C=O) groups is 1. The van der Waals surface area contributed by atoms with Crippen LogP contribution in [0.25, 0.3) is 0 Å². The number of rotatable bonds is 3. The third-order valence-corrected chi connectivity index (χ3v) is 3.89. The fraction of sp³-hybridized carbons (Fsp3) is 0.500. The van der Waals surface area contributed by atoms with Gasteiger partial charge >= 0.3 is 5.97 Å². The van der Waals surface area contributed by atoms with Crippen LogP contribution in [0.2, 0.25) is 0 Å². The molecule has 0 heterocycles. The van der Waals surface area contributed by atoms with Gasteiger partial charge in [-0.1, -0.05) is 19.3 Å². The summed E-state index contributed by atoms with van der Waals surface area (Å²) in [6.07, 6.45) is 5.59. The summed E-state index contributed by atoms with van der Waals surface area (Å²) in [5.74, 6) is -1.87. The summed E-state index contributed by atoms with van der Waals surface area (Å²) in [5, 5.41) is 9.24. The minimum Gasteiger partial charge on any atom is -0.478 e. The number of benzene rings is 1. The zero-order valence-corrected chi connectivity index (χ0v) is 11.0. The number of anilines is 2. The normalized spacial score (nSPS) is 16.3. The highest BCUT2D eigenvalue weighted by atomic mass is 19.1. The lowest BCUT2D eigenvalue weighted by atomic mass is 9.93. The van der Waals surface area contributed by atoms with Gasteiger partial charge in [-0.05, 0) is 25.0 Å². The number of nitrogens with two attached hydrogens (primary N) is 1. The second-order valence-corrected chi connectivity index (χ2v) is 5.06. The Hall–Kier alpha value is -1.78. The van der Waals surface area contributed by atoms with Gasteiger partial charge in [0.25, 0.3) is 0 Å². The van der Waals surface area contributed by atoms with Crippen LogP contribution in [0.3, 0.4) is 0 Å². The van der Waals surface area contributed by atoms with Crippen LogP contribution in [0, 0.1) is 5.82 Å². The smallest absolute Gasteiger partial charge is 0.340 e. The minimum absolute atomic E-state index is 0.131. The average Bonchev–Trinajstić information content (AvgIpc) is 2.41. The third kappa shape index (κ3) is 2.64. The van der Waals surface area contributed by atoms with Gasteiger partial charge in [-0.3, -0.25) is 0 Å². The van der Waals surface area contributed by atoms with Crippen LogP contribution in [0.1, 0.15) is 42.5 Å². The molecule has 0 radical (unpaired) electrons. The van der Waals surface area contributed by atoms with Crippen molar-refractivity contribution < 1.29 is 14.3 Å². The van der Waals surface area contributed by atoms with Gasteiger partial charge in [0.15, 0.2) is 0 Å². The van der Waals surface area contributed by atoms with E-state index >= 15 is 0 Å². The first-order valence-electron chi connectivity index (χ1n) is 6.56. The molecule has 19 heavy (non-hydrogen) atoms. The maximum Gasteiger partial charge on any atom is 0.340 e. The van der Waals surface area contributed by atoms with Crippen molar-refractivity contribution in [2.75, 3.05) is 17.7 Å². The zero-order valence-electron chi connectivity index (χ0n) is 11.0. The van der Waals surface area contributed by atoms with Crippen molar-refractivity contribution in [1.29, 1.82) is 0 Å². The van der Waals surface area contributed by atoms with E-state index in [1.54, 1.807) is 0 Å². The molecule has 3 N–H and O–H groups in total. The number of carboxylic acid groups (broad SMARTS) is 1. The number of halogens is 1. The first-order valence-corrected chi connectivity index (χ1v) is 6.56. The first kappa shape index (κ1) is 13.6. The number of carboxylic acids is 1. The second-order valence-electron chi connectivity index (χ2n) is 5.06. The van der Waals surface area contributed by atoms with E-state index < -0.39 is 11.8 Å². The van der Waals surface area contributed by atoms with Crippen molar-refractivity contribution in [3.63, 3.8) is 0 Å². The Labute approximate surface area is 112 Å². The molecule has 0 spiro atoms. The van der Waals surface area contributed by atoms with Crippen LogP contribution in [-0.2, 0) is 0 Å². The van der Waals surface area contributed by atoms with Gasteiger partial charge in [-0.15, -0.1) is 0 Å². The predicted molar refractivity (Wildman–Crippen MR) is 73.0 cm³/mol. The lowest BCUT2D eigenvalue weighted by molar-refractivity contribution is 0.0698. The minimum atomic E-state index is -1.19. The summed E-state index contributed by atoms with van der Waals surface area (Å²) < 4.78 is 13.4. The molecular weight excluding hydrogens is 247 g/mol. The van der Waals surface area contributed by atoms with E-state index in [2.05, 4.69) is 0 Å². The molecule has 0 unspecified atom stereocenters. The molecule has 4 nitrogen and oxygen atoms in total. The van der Waals surface area contributed by atoms with Crippen LogP contribution in [0.4, 0.5) is 15.8 Å². The molecule has 104 valence electrons. The van der Waals surface area contributed by atoms with E-state index in [4.69, 9.17) is 5.73 Å². The van der Waals surface area contributed by atoms with Gasteiger partial charge < -0.3 is 15.7 Å². The molecule has 1 saturated carbocycles. The van der Waals surface area contributed by atoms with Crippen molar-refractivity contribution in [3.05, 3.63) is 23.5 Å². The van der Waals surface area contributed by atoms with Gasteiger partial charge in [-0.2, -0.15) is 0 Å². The largest absolute Gasteiger partial charge is 0.478 e. The fourth-order valence-electron chi connectivity index (χ4n) is 2.77. The molecule has 1 aromatic carbocycles. The molecule has 0 aromatic heterocycles. The maximum atomic E-state index is 13.4. The molecule has 0 aliphatic heterocycles. The van der Waals surface area contributed by atoms with Gasteiger partial charge in [0, 0.05) is 13.1 Å². The number of hydrogen-bond acceptors (Lipinski definition) is 3. The van der Waals surface area contributed by atoms with E-state index in [1.807, 2.05) is 11.9 Å². The van der Waals surface area contributed by atoms with Gasteiger partial charge in [0.2, 0.25) is 0 Å². The summed E-state index contributed by atoms with van der Waals surface area (Å²) in [7, 11) is 1.86. The Morgan fingerprint density at radius 3 is 2.58 bits per heavy atom. The molecule has 0 amide bonds. The maximum absolute atomic E-state index is 13.4. The van der Waals surface area contributed by atoms with Crippen LogP contribution in [-0.4, -0.2) is 24.2 Å². The Balaban J connectivity index is 2.38. The van der Waals surface area contributed by atoms with Crippen LogP contribution < -0.4 is 10.6 Å². The number of aromatic carboxylic acids is 1. The molecule has 1 aliphatic carbocycles. The Morgan fingerprint density at radius 1 is 1.37 bits per heavy atom. The molecular formula is C14H19FN2O2. The summed E-state index contributed by atoms with van der Waals surface area (Å²) >= 11 is 0. The highest BCUT2D eigenvalue weighted by Crippen LogP contribution is 2.32. The number of nitrogen functional groups attached to an aromatic ring is 1. The van der Waals surface area contributed by atoms with E-state index in [0.717, 1.165) is 25.7 Å². The van der Waals surface area contributed by atoms with Crippen molar-refractivity contribution in [3.8, 4) is 0 Å². The summed E-state index contributed by atoms with van der Waals surface area (Å²) in [5.41, 5.74) is 5.65. The van der Waals surface area contributed by atoms with Gasteiger partial charge in [-0.25, -0.2) is 9.18 Å². The summed E-state index contributed by atoms with van der Waals surface area (Å²) in [4.78, 5) is 13.2. The highest BCUT2D eigenvalue weighted by Gasteiger charge is 2.25. The van der Waals surface area contributed by atoms with Crippen LogP contribution >= 0.6 is 0 Å². The molecule has 0 bridgehead atoms. The molecule has 1 aliphatic rings. The van der Waals surface area contributed by atoms with Gasteiger partial charge in [0.1, 0.15) is 11.4 Å². The molecule has 0 saturated heterocycles. The first-order chi connectivity index (χ1) is 9.02. The van der Waals surface area contributed by atoms with Crippen LogP contribution in [0.15, 0.2) is 12.1 Å². The Morgan fingerprint density at radius 2 is 2.00 bits per heavy atom. The van der Waals surface area contributed by atoms with E-state index in [-0.39, 0.29) is 11.3 Å². The second kappa shape index (κ2) is 5.47. The van der Waals surface area contributed by atoms with Crippen molar-refractivity contribution in [2.24, 2.45) is 0 Å². The average molecular weight is 266 g/mol. The fourth-order valence-corrected chi connectivity index (χ4v) is 2.77. The van der Waals surface area contributed by atoms with E-state index in [0.29, 0.717) is 11.7 Å². The molecule has 0 atom stereocenters. The Kier molecular flexibility index (Phi) is 3.93. The molecule has 5 heteroatoms. The number of hydrogen-bond donors (Lipinski definition) is 2. The quantitative estimate of drug-likeness (QED) is 0.825. The van der Waals surface area contributed by atoms with Crippen molar-refractivity contribution in [2.45, 2.75) is 38.1 Å². The topological polar surface area (TPSA) is 66.6 Å². The van der Waals surface area contributed by atoms with Crippen molar-refractivity contribution in [1.82, 2.24) is 0 Å². The molecule has 1 aromatic rings. The number of nitrogens with zero attached hydrogens (tertiary/aromatic N) is 1. The predicted octanol–water partition coefficient (Wildman–Crippen LogP) is 2.88. The lowest BCUT2D eigenvalue weighted by Crippen LogP contribution is -2.34. The molecule has 1 fully saturated rings. The van der Waals surface area contributed by atoms with E-state index in [1.165, 1.54) is 18.6 Å². The van der Waals surface area contributed by atoms with Gasteiger partial charge in [0.05, 0.1) is 11.4 Å².